The van der Waals surface area contributed by atoms with Crippen LogP contribution in [0.4, 0.5) is 0 Å². The van der Waals surface area contributed by atoms with Crippen molar-refractivity contribution in [1.82, 2.24) is 0 Å². The second kappa shape index (κ2) is 6.12. The molecule has 116 valence electrons. The van der Waals surface area contributed by atoms with Gasteiger partial charge >= 0.3 is 0 Å². The third-order valence-electron chi connectivity index (χ3n) is 6.09. The van der Waals surface area contributed by atoms with Gasteiger partial charge in [-0.05, 0) is 74.0 Å². The van der Waals surface area contributed by atoms with Gasteiger partial charge in [-0.1, -0.05) is 44.4 Å². The average molecular weight is 286 g/mol. The minimum Gasteiger partial charge on any atom is -0.385 e. The second-order valence-corrected chi connectivity index (χ2v) is 7.48. The summed E-state index contributed by atoms with van der Waals surface area (Å²) < 4.78 is 0. The monoisotopic (exact) mass is 286 g/mol. The number of rotatable bonds is 3. The maximum absolute atomic E-state index is 11.2. The van der Waals surface area contributed by atoms with Crippen molar-refractivity contribution in [3.05, 3.63) is 34.9 Å². The van der Waals surface area contributed by atoms with Gasteiger partial charge in [0, 0.05) is 0 Å². The van der Waals surface area contributed by atoms with E-state index in [1.165, 1.54) is 68.9 Å². The smallest absolute Gasteiger partial charge is 0.0896 e. The van der Waals surface area contributed by atoms with E-state index in [0.717, 1.165) is 11.5 Å². The largest absolute Gasteiger partial charge is 0.385 e. The molecular formula is C20H30O. The molecule has 2 aliphatic rings. The summed E-state index contributed by atoms with van der Waals surface area (Å²) in [4.78, 5) is 0. The lowest BCUT2D eigenvalue weighted by atomic mass is 9.70. The molecule has 0 bridgehead atoms. The zero-order chi connectivity index (χ0) is 14.9. The van der Waals surface area contributed by atoms with E-state index < -0.39 is 5.60 Å². The molecule has 3 rings (SSSR count). The molecular weight excluding hydrogens is 256 g/mol. The van der Waals surface area contributed by atoms with Crippen molar-refractivity contribution >= 4 is 0 Å². The van der Waals surface area contributed by atoms with Gasteiger partial charge in [0.1, 0.15) is 0 Å². The molecule has 21 heavy (non-hydrogen) atoms. The Morgan fingerprint density at radius 2 is 1.86 bits per heavy atom. The standard InChI is InChI=1S/C20H30O/c1-3-15-7-6-10-18(13-15)20(2,21)19-12-11-16-8-4-5-9-17(16)14-19/h11-12,14-15,18,21H,3-10,13H2,1-2H3. The lowest BCUT2D eigenvalue weighted by molar-refractivity contribution is -0.0312. The lowest BCUT2D eigenvalue weighted by Gasteiger charge is -2.39. The molecule has 2 aliphatic carbocycles. The van der Waals surface area contributed by atoms with Gasteiger partial charge in [0.25, 0.3) is 0 Å². The SMILES string of the molecule is CCC1CCCC(C(C)(O)c2ccc3c(c2)CCCC3)C1. The number of hydrogen-bond acceptors (Lipinski definition) is 1. The van der Waals surface area contributed by atoms with Gasteiger partial charge in [-0.3, -0.25) is 0 Å². The van der Waals surface area contributed by atoms with Crippen molar-refractivity contribution < 1.29 is 5.11 Å². The number of aliphatic hydroxyl groups is 1. The molecule has 1 fully saturated rings. The van der Waals surface area contributed by atoms with Gasteiger partial charge in [0.15, 0.2) is 0 Å². The van der Waals surface area contributed by atoms with Gasteiger partial charge < -0.3 is 5.11 Å². The molecule has 1 heteroatoms. The first-order valence-electron chi connectivity index (χ1n) is 8.96. The Balaban J connectivity index is 1.83. The highest BCUT2D eigenvalue weighted by atomic mass is 16.3. The van der Waals surface area contributed by atoms with Crippen LogP contribution in [-0.4, -0.2) is 5.11 Å². The van der Waals surface area contributed by atoms with E-state index in [4.69, 9.17) is 0 Å². The summed E-state index contributed by atoms with van der Waals surface area (Å²) in [6.45, 7) is 4.35. The fourth-order valence-corrected chi connectivity index (χ4v) is 4.46. The fraction of sp³-hybridized carbons (Fsp3) is 0.700. The number of hydrogen-bond donors (Lipinski definition) is 1. The Hall–Kier alpha value is -0.820. The summed E-state index contributed by atoms with van der Waals surface area (Å²) >= 11 is 0. The van der Waals surface area contributed by atoms with Crippen LogP contribution >= 0.6 is 0 Å². The minimum absolute atomic E-state index is 0.429. The molecule has 1 N–H and O–H groups in total. The van der Waals surface area contributed by atoms with Gasteiger partial charge in [-0.25, -0.2) is 0 Å². The van der Waals surface area contributed by atoms with Crippen LogP contribution in [0.15, 0.2) is 18.2 Å². The molecule has 0 saturated heterocycles. The Bertz CT molecular complexity index is 489. The molecule has 1 aromatic rings. The van der Waals surface area contributed by atoms with Crippen LogP contribution in [0.2, 0.25) is 0 Å². The topological polar surface area (TPSA) is 20.2 Å². The van der Waals surface area contributed by atoms with Crippen LogP contribution in [0.25, 0.3) is 0 Å². The highest BCUT2D eigenvalue weighted by molar-refractivity contribution is 5.36. The highest BCUT2D eigenvalue weighted by Crippen LogP contribution is 2.42. The first-order valence-corrected chi connectivity index (χ1v) is 8.96. The minimum atomic E-state index is -0.652. The van der Waals surface area contributed by atoms with Crippen molar-refractivity contribution in [2.75, 3.05) is 0 Å². The molecule has 0 aromatic heterocycles. The van der Waals surface area contributed by atoms with Gasteiger partial charge in [-0.2, -0.15) is 0 Å². The Labute approximate surface area is 129 Å². The molecule has 1 nitrogen and oxygen atoms in total. The van der Waals surface area contributed by atoms with Crippen LogP contribution in [-0.2, 0) is 18.4 Å². The molecule has 0 heterocycles. The van der Waals surface area contributed by atoms with Crippen molar-refractivity contribution in [1.29, 1.82) is 0 Å². The molecule has 0 amide bonds. The third kappa shape index (κ3) is 3.04. The van der Waals surface area contributed by atoms with E-state index in [1.807, 2.05) is 0 Å². The molecule has 3 unspecified atom stereocenters. The highest BCUT2D eigenvalue weighted by Gasteiger charge is 2.37. The lowest BCUT2D eigenvalue weighted by Crippen LogP contribution is -2.35. The van der Waals surface area contributed by atoms with Crippen molar-refractivity contribution in [2.24, 2.45) is 11.8 Å². The van der Waals surface area contributed by atoms with Crippen LogP contribution in [0.1, 0.15) is 75.5 Å². The number of benzene rings is 1. The fourth-order valence-electron chi connectivity index (χ4n) is 4.46. The van der Waals surface area contributed by atoms with E-state index in [-0.39, 0.29) is 0 Å². The van der Waals surface area contributed by atoms with Crippen molar-refractivity contribution in [2.45, 2.75) is 77.2 Å². The van der Waals surface area contributed by atoms with E-state index in [2.05, 4.69) is 32.0 Å². The summed E-state index contributed by atoms with van der Waals surface area (Å²) in [5, 5.41) is 11.2. The predicted molar refractivity (Wildman–Crippen MR) is 88.4 cm³/mol. The van der Waals surface area contributed by atoms with E-state index in [9.17, 15) is 5.11 Å². The quantitative estimate of drug-likeness (QED) is 0.830. The third-order valence-corrected chi connectivity index (χ3v) is 6.09. The van der Waals surface area contributed by atoms with Crippen LogP contribution < -0.4 is 0 Å². The Morgan fingerprint density at radius 3 is 2.62 bits per heavy atom. The first-order chi connectivity index (χ1) is 10.1. The zero-order valence-electron chi connectivity index (χ0n) is 13.7. The maximum Gasteiger partial charge on any atom is 0.0896 e. The summed E-state index contributed by atoms with van der Waals surface area (Å²) in [6, 6.07) is 6.78. The van der Waals surface area contributed by atoms with Crippen LogP contribution in [0, 0.1) is 11.8 Å². The Morgan fingerprint density at radius 1 is 1.10 bits per heavy atom. The molecule has 3 atom stereocenters. The Kier molecular flexibility index (Phi) is 4.40. The molecule has 1 aromatic carbocycles. The summed E-state index contributed by atoms with van der Waals surface area (Å²) in [7, 11) is 0. The summed E-state index contributed by atoms with van der Waals surface area (Å²) in [5.74, 6) is 1.24. The molecule has 0 aliphatic heterocycles. The van der Waals surface area contributed by atoms with Gasteiger partial charge in [0.05, 0.1) is 5.60 Å². The first kappa shape index (κ1) is 15.1. The van der Waals surface area contributed by atoms with E-state index in [0.29, 0.717) is 5.92 Å². The van der Waals surface area contributed by atoms with Crippen LogP contribution in [0.3, 0.4) is 0 Å². The summed E-state index contributed by atoms with van der Waals surface area (Å²) in [6.07, 6.45) is 11.3. The second-order valence-electron chi connectivity index (χ2n) is 7.48. The number of fused-ring (bicyclic) bond motifs is 1. The molecule has 1 saturated carbocycles. The maximum atomic E-state index is 11.2. The predicted octanol–water partition coefficient (Wildman–Crippen LogP) is 4.99. The summed E-state index contributed by atoms with van der Waals surface area (Å²) in [5.41, 5.74) is 3.50. The molecule has 0 radical (unpaired) electrons. The average Bonchev–Trinajstić information content (AvgIpc) is 2.54. The van der Waals surface area contributed by atoms with Crippen molar-refractivity contribution in [3.63, 3.8) is 0 Å². The zero-order valence-corrected chi connectivity index (χ0v) is 13.7. The van der Waals surface area contributed by atoms with E-state index >= 15 is 0 Å². The van der Waals surface area contributed by atoms with Gasteiger partial charge in [-0.15, -0.1) is 0 Å². The normalized spacial score (nSPS) is 28.7. The number of aryl methyl sites for hydroxylation is 2. The van der Waals surface area contributed by atoms with E-state index in [1.54, 1.807) is 0 Å². The van der Waals surface area contributed by atoms with Gasteiger partial charge in [0.2, 0.25) is 0 Å². The van der Waals surface area contributed by atoms with Crippen LogP contribution in [0.5, 0.6) is 0 Å². The molecule has 0 spiro atoms. The van der Waals surface area contributed by atoms with Crippen molar-refractivity contribution in [3.8, 4) is 0 Å².